The molecule has 0 bridgehead atoms. The summed E-state index contributed by atoms with van der Waals surface area (Å²) in [4.78, 5) is 23.6. The van der Waals surface area contributed by atoms with Crippen LogP contribution in [0.2, 0.25) is 5.02 Å². The fourth-order valence-corrected chi connectivity index (χ4v) is 2.42. The average molecular weight is 363 g/mol. The number of carbonyl (C=O) groups is 2. The molecule has 6 nitrogen and oxygen atoms in total. The Hall–Kier alpha value is -2.73. The van der Waals surface area contributed by atoms with E-state index in [0.29, 0.717) is 22.1 Å². The van der Waals surface area contributed by atoms with Crippen LogP contribution in [0.3, 0.4) is 0 Å². The molecule has 0 aliphatic heterocycles. The predicted molar refractivity (Wildman–Crippen MR) is 90.8 cm³/mol. The lowest BCUT2D eigenvalue weighted by Crippen LogP contribution is -2.34. The molecule has 2 rings (SSSR count). The zero-order valence-corrected chi connectivity index (χ0v) is 14.5. The molecule has 0 fully saturated rings. The van der Waals surface area contributed by atoms with Gasteiger partial charge in [-0.1, -0.05) is 23.7 Å². The Morgan fingerprint density at radius 1 is 1.08 bits per heavy atom. The van der Waals surface area contributed by atoms with Crippen LogP contribution in [0.1, 0.15) is 28.4 Å². The first-order valence-corrected chi connectivity index (χ1v) is 7.80. The number of carboxylic acid groups (broad SMARTS) is 1. The van der Waals surface area contributed by atoms with Crippen molar-refractivity contribution in [1.29, 1.82) is 0 Å². The maximum atomic E-state index is 12.6. The number of amides is 1. The van der Waals surface area contributed by atoms with Crippen molar-refractivity contribution in [2.75, 3.05) is 14.2 Å². The van der Waals surface area contributed by atoms with E-state index in [-0.39, 0.29) is 12.0 Å². The van der Waals surface area contributed by atoms with Crippen LogP contribution < -0.4 is 19.9 Å². The summed E-state index contributed by atoms with van der Waals surface area (Å²) in [6.45, 7) is 0. The summed E-state index contributed by atoms with van der Waals surface area (Å²) in [5, 5.41) is 14.2. The smallest absolute Gasteiger partial charge is 0.252 e. The van der Waals surface area contributed by atoms with Crippen LogP contribution in [0.15, 0.2) is 42.5 Å². The number of carboxylic acids is 1. The normalized spacial score (nSPS) is 11.5. The van der Waals surface area contributed by atoms with Gasteiger partial charge in [0, 0.05) is 29.0 Å². The number of aliphatic carboxylic acids is 1. The molecule has 0 saturated heterocycles. The monoisotopic (exact) mass is 362 g/mol. The van der Waals surface area contributed by atoms with Crippen molar-refractivity contribution < 1.29 is 24.2 Å². The number of carbonyl (C=O) groups excluding carboxylic acids is 2. The topological polar surface area (TPSA) is 87.7 Å². The lowest BCUT2D eigenvalue weighted by molar-refractivity contribution is -0.306. The maximum absolute atomic E-state index is 12.6. The van der Waals surface area contributed by atoms with Crippen LogP contribution in [-0.2, 0) is 4.79 Å². The van der Waals surface area contributed by atoms with Crippen LogP contribution in [0.5, 0.6) is 11.5 Å². The molecule has 1 amide bonds. The maximum Gasteiger partial charge on any atom is 0.252 e. The Morgan fingerprint density at radius 3 is 2.12 bits per heavy atom. The number of rotatable bonds is 7. The standard InChI is InChI=1S/C18H18ClNO5/c1-24-14-7-12(8-15(9-14)25-2)18(23)20-16(10-17(21)22)11-3-5-13(19)6-4-11/h3-9,16H,10H2,1-2H3,(H,20,23)(H,21,22)/p-1/t16-/m1/s1. The largest absolute Gasteiger partial charge is 0.550 e. The van der Waals surface area contributed by atoms with Crippen molar-refractivity contribution in [3.05, 3.63) is 58.6 Å². The summed E-state index contributed by atoms with van der Waals surface area (Å²) in [7, 11) is 2.95. The highest BCUT2D eigenvalue weighted by Crippen LogP contribution is 2.24. The molecule has 0 saturated carbocycles. The quantitative estimate of drug-likeness (QED) is 0.813. The lowest BCUT2D eigenvalue weighted by Gasteiger charge is -2.20. The number of benzene rings is 2. The third-order valence-electron chi connectivity index (χ3n) is 3.56. The van der Waals surface area contributed by atoms with Crippen molar-refractivity contribution in [3.63, 3.8) is 0 Å². The molecule has 25 heavy (non-hydrogen) atoms. The van der Waals surface area contributed by atoms with Crippen molar-refractivity contribution >= 4 is 23.5 Å². The van der Waals surface area contributed by atoms with Crippen LogP contribution in [0.4, 0.5) is 0 Å². The van der Waals surface area contributed by atoms with Crippen LogP contribution in [0, 0.1) is 0 Å². The molecule has 0 unspecified atom stereocenters. The van der Waals surface area contributed by atoms with E-state index < -0.39 is 17.9 Å². The number of hydrogen-bond acceptors (Lipinski definition) is 5. The second-order valence-electron chi connectivity index (χ2n) is 5.26. The van der Waals surface area contributed by atoms with Crippen molar-refractivity contribution in [2.24, 2.45) is 0 Å². The highest BCUT2D eigenvalue weighted by Gasteiger charge is 2.17. The molecule has 0 heterocycles. The van der Waals surface area contributed by atoms with E-state index in [2.05, 4.69) is 5.32 Å². The molecule has 0 aliphatic rings. The molecule has 1 N–H and O–H groups in total. The molecule has 2 aromatic rings. The first kappa shape index (κ1) is 18.6. The van der Waals surface area contributed by atoms with Gasteiger partial charge < -0.3 is 24.7 Å². The molecule has 132 valence electrons. The molecule has 2 aromatic carbocycles. The fourth-order valence-electron chi connectivity index (χ4n) is 2.29. The SMILES string of the molecule is COc1cc(OC)cc(C(=O)N[C@H](CC(=O)[O-])c2ccc(Cl)cc2)c1. The molecule has 1 atom stereocenters. The summed E-state index contributed by atoms with van der Waals surface area (Å²) in [5.41, 5.74) is 0.894. The number of hydrogen-bond donors (Lipinski definition) is 1. The predicted octanol–water partition coefficient (Wildman–Crippen LogP) is 1.97. The van der Waals surface area contributed by atoms with E-state index in [1.54, 1.807) is 30.3 Å². The van der Waals surface area contributed by atoms with Gasteiger partial charge in [0.15, 0.2) is 0 Å². The van der Waals surface area contributed by atoms with E-state index in [4.69, 9.17) is 21.1 Å². The van der Waals surface area contributed by atoms with E-state index in [1.165, 1.54) is 26.4 Å². The van der Waals surface area contributed by atoms with Crippen molar-refractivity contribution in [2.45, 2.75) is 12.5 Å². The summed E-state index contributed by atoms with van der Waals surface area (Å²) in [6.07, 6.45) is -0.367. The molecule has 0 spiro atoms. The van der Waals surface area contributed by atoms with Crippen molar-refractivity contribution in [1.82, 2.24) is 5.32 Å². The average Bonchev–Trinajstić information content (AvgIpc) is 2.60. The molecule has 7 heteroatoms. The number of nitrogens with one attached hydrogen (secondary N) is 1. The fraction of sp³-hybridized carbons (Fsp3) is 0.222. The molecular formula is C18H17ClNO5-. The molecular weight excluding hydrogens is 346 g/mol. The van der Waals surface area contributed by atoms with Gasteiger partial charge in [-0.25, -0.2) is 0 Å². The van der Waals surface area contributed by atoms with E-state index in [1.807, 2.05) is 0 Å². The molecule has 0 radical (unpaired) electrons. The van der Waals surface area contributed by atoms with Gasteiger partial charge in [0.25, 0.3) is 5.91 Å². The molecule has 0 aliphatic carbocycles. The van der Waals surface area contributed by atoms with Gasteiger partial charge in [0.2, 0.25) is 0 Å². The first-order chi connectivity index (χ1) is 11.9. The zero-order chi connectivity index (χ0) is 18.4. The van der Waals surface area contributed by atoms with E-state index in [9.17, 15) is 14.7 Å². The minimum absolute atomic E-state index is 0.286. The lowest BCUT2D eigenvalue weighted by atomic mass is 10.0. The Labute approximate surface area is 150 Å². The summed E-state index contributed by atoms with van der Waals surface area (Å²) in [6, 6.07) is 10.5. The third-order valence-corrected chi connectivity index (χ3v) is 3.81. The second kappa shape index (κ2) is 8.39. The second-order valence-corrected chi connectivity index (χ2v) is 5.69. The van der Waals surface area contributed by atoms with Gasteiger partial charge in [0.1, 0.15) is 11.5 Å². The Kier molecular flexibility index (Phi) is 6.25. The Bertz CT molecular complexity index is 738. The summed E-state index contributed by atoms with van der Waals surface area (Å²) >= 11 is 5.85. The van der Waals surface area contributed by atoms with Gasteiger partial charge in [-0.05, 0) is 29.8 Å². The molecule has 0 aromatic heterocycles. The number of ether oxygens (including phenoxy) is 2. The van der Waals surface area contributed by atoms with Gasteiger partial charge in [-0.2, -0.15) is 0 Å². The minimum atomic E-state index is -1.27. The van der Waals surface area contributed by atoms with Gasteiger partial charge in [-0.15, -0.1) is 0 Å². The van der Waals surface area contributed by atoms with Gasteiger partial charge in [0.05, 0.1) is 20.3 Å². The van der Waals surface area contributed by atoms with E-state index in [0.717, 1.165) is 0 Å². The highest BCUT2D eigenvalue weighted by atomic mass is 35.5. The summed E-state index contributed by atoms with van der Waals surface area (Å²) < 4.78 is 10.3. The minimum Gasteiger partial charge on any atom is -0.550 e. The highest BCUT2D eigenvalue weighted by molar-refractivity contribution is 6.30. The van der Waals surface area contributed by atoms with Crippen LogP contribution in [0.25, 0.3) is 0 Å². The van der Waals surface area contributed by atoms with Crippen molar-refractivity contribution in [3.8, 4) is 11.5 Å². The Morgan fingerprint density at radius 2 is 1.64 bits per heavy atom. The van der Waals surface area contributed by atoms with E-state index >= 15 is 0 Å². The van der Waals surface area contributed by atoms with Crippen LogP contribution >= 0.6 is 11.6 Å². The zero-order valence-electron chi connectivity index (χ0n) is 13.7. The van der Waals surface area contributed by atoms with Crippen LogP contribution in [-0.4, -0.2) is 26.1 Å². The Balaban J connectivity index is 2.27. The first-order valence-electron chi connectivity index (χ1n) is 7.42. The number of halogens is 1. The third kappa shape index (κ3) is 5.12. The number of methoxy groups -OCH3 is 2. The van der Waals surface area contributed by atoms with Gasteiger partial charge >= 0.3 is 0 Å². The van der Waals surface area contributed by atoms with Gasteiger partial charge in [-0.3, -0.25) is 4.79 Å². The summed E-state index contributed by atoms with van der Waals surface area (Å²) in [5.74, 6) is -0.832.